The average Bonchev–Trinajstić information content (AvgIpc) is 2.80. The molecular weight excluding hydrogens is 270 g/mol. The molecule has 0 saturated heterocycles. The van der Waals surface area contributed by atoms with Gasteiger partial charge in [-0.05, 0) is 13.8 Å². The predicted octanol–water partition coefficient (Wildman–Crippen LogP) is 1.05. The monoisotopic (exact) mass is 287 g/mol. The van der Waals surface area contributed by atoms with Crippen LogP contribution in [0.1, 0.15) is 19.5 Å². The normalized spacial score (nSPS) is 11.4. The molecule has 0 aromatic carbocycles. The quantitative estimate of drug-likeness (QED) is 0.332. The van der Waals surface area contributed by atoms with Crippen molar-refractivity contribution in [2.45, 2.75) is 13.8 Å². The highest BCUT2D eigenvalue weighted by molar-refractivity contribution is 7.13. The molecule has 1 aromatic heterocycles. The zero-order valence-corrected chi connectivity index (χ0v) is 11.7. The molecule has 8 heteroatoms. The molecule has 1 heterocycles. The average molecular weight is 287 g/mol. The van der Waals surface area contributed by atoms with Crippen molar-refractivity contribution < 1.29 is 19.1 Å². The number of rotatable bonds is 8. The fourth-order valence-electron chi connectivity index (χ4n) is 1.14. The number of nitrogens with two attached hydrogens (primary N) is 1. The van der Waals surface area contributed by atoms with Crippen molar-refractivity contribution in [3.8, 4) is 0 Å². The second-order valence-electron chi connectivity index (χ2n) is 3.26. The Kier molecular flexibility index (Phi) is 6.83. The van der Waals surface area contributed by atoms with Crippen molar-refractivity contribution in [1.82, 2.24) is 4.98 Å². The highest BCUT2D eigenvalue weighted by Crippen LogP contribution is 2.13. The molecule has 0 aliphatic carbocycles. The van der Waals surface area contributed by atoms with E-state index in [1.54, 1.807) is 12.3 Å². The number of anilines is 1. The van der Waals surface area contributed by atoms with Crippen LogP contribution in [0.25, 0.3) is 0 Å². The van der Waals surface area contributed by atoms with Gasteiger partial charge >= 0.3 is 5.97 Å². The second kappa shape index (κ2) is 8.44. The van der Waals surface area contributed by atoms with Gasteiger partial charge in [0.15, 0.2) is 5.13 Å². The van der Waals surface area contributed by atoms with Crippen molar-refractivity contribution in [1.29, 1.82) is 0 Å². The van der Waals surface area contributed by atoms with Crippen molar-refractivity contribution >= 4 is 28.1 Å². The van der Waals surface area contributed by atoms with E-state index in [0.717, 1.165) is 0 Å². The largest absolute Gasteiger partial charge is 0.461 e. The summed E-state index contributed by atoms with van der Waals surface area (Å²) in [6.45, 7) is 5.08. The first-order valence-corrected chi connectivity index (χ1v) is 6.73. The summed E-state index contributed by atoms with van der Waals surface area (Å²) in [7, 11) is 0. The van der Waals surface area contributed by atoms with Gasteiger partial charge in [-0.1, -0.05) is 5.16 Å². The van der Waals surface area contributed by atoms with E-state index in [1.165, 1.54) is 11.3 Å². The minimum Gasteiger partial charge on any atom is -0.461 e. The number of ether oxygens (including phenoxy) is 2. The fourth-order valence-corrected chi connectivity index (χ4v) is 1.68. The lowest BCUT2D eigenvalue weighted by atomic mass is 10.3. The Labute approximate surface area is 115 Å². The molecule has 0 spiro atoms. The van der Waals surface area contributed by atoms with Gasteiger partial charge in [0.05, 0.1) is 13.2 Å². The van der Waals surface area contributed by atoms with Crippen LogP contribution in [0.2, 0.25) is 0 Å². The molecule has 0 fully saturated rings. The van der Waals surface area contributed by atoms with Gasteiger partial charge in [-0.15, -0.1) is 11.3 Å². The van der Waals surface area contributed by atoms with Crippen LogP contribution < -0.4 is 5.73 Å². The lowest BCUT2D eigenvalue weighted by Crippen LogP contribution is -2.20. The Balaban J connectivity index is 2.69. The summed E-state index contributed by atoms with van der Waals surface area (Å²) in [5.41, 5.74) is 5.87. The van der Waals surface area contributed by atoms with E-state index < -0.39 is 5.97 Å². The summed E-state index contributed by atoms with van der Waals surface area (Å²) >= 11 is 1.21. The SMILES string of the molecule is CCOCCO/N=C(\C(=O)OCC)c1csc(N)n1. The van der Waals surface area contributed by atoms with Gasteiger partial charge in [0.1, 0.15) is 12.3 Å². The molecule has 0 amide bonds. The summed E-state index contributed by atoms with van der Waals surface area (Å²) in [5.74, 6) is -0.593. The third kappa shape index (κ3) is 5.23. The molecule has 0 aliphatic heterocycles. The first kappa shape index (κ1) is 15.4. The molecule has 0 bridgehead atoms. The smallest absolute Gasteiger partial charge is 0.362 e. The minimum absolute atomic E-state index is 0.00583. The topological polar surface area (TPSA) is 96.0 Å². The molecule has 2 N–H and O–H groups in total. The van der Waals surface area contributed by atoms with Gasteiger partial charge in [-0.3, -0.25) is 0 Å². The first-order valence-electron chi connectivity index (χ1n) is 5.85. The molecule has 0 radical (unpaired) electrons. The summed E-state index contributed by atoms with van der Waals surface area (Å²) in [6, 6.07) is 0. The number of nitrogens with zero attached hydrogens (tertiary/aromatic N) is 2. The maximum atomic E-state index is 11.7. The Morgan fingerprint density at radius 3 is 2.79 bits per heavy atom. The van der Waals surface area contributed by atoms with E-state index >= 15 is 0 Å². The molecule has 0 atom stereocenters. The third-order valence-corrected chi connectivity index (χ3v) is 2.59. The van der Waals surface area contributed by atoms with Crippen LogP contribution in [0, 0.1) is 0 Å². The molecule has 0 saturated carbocycles. The highest BCUT2D eigenvalue weighted by atomic mass is 32.1. The predicted molar refractivity (Wildman–Crippen MR) is 72.1 cm³/mol. The van der Waals surface area contributed by atoms with Crippen molar-refractivity contribution in [3.05, 3.63) is 11.1 Å². The Hall–Kier alpha value is -1.67. The van der Waals surface area contributed by atoms with E-state index in [2.05, 4.69) is 10.1 Å². The maximum Gasteiger partial charge on any atom is 0.362 e. The van der Waals surface area contributed by atoms with Crippen LogP contribution >= 0.6 is 11.3 Å². The van der Waals surface area contributed by atoms with Crippen molar-refractivity contribution in [2.24, 2.45) is 5.16 Å². The maximum absolute atomic E-state index is 11.7. The molecule has 1 rings (SSSR count). The molecule has 0 unspecified atom stereocenters. The van der Waals surface area contributed by atoms with E-state index in [1.807, 2.05) is 6.92 Å². The Morgan fingerprint density at radius 1 is 1.42 bits per heavy atom. The van der Waals surface area contributed by atoms with Gasteiger partial charge in [0.2, 0.25) is 5.71 Å². The highest BCUT2D eigenvalue weighted by Gasteiger charge is 2.19. The van der Waals surface area contributed by atoms with Crippen LogP contribution in [0.5, 0.6) is 0 Å². The summed E-state index contributed by atoms with van der Waals surface area (Å²) in [5, 5.41) is 5.72. The van der Waals surface area contributed by atoms with Gasteiger partial charge < -0.3 is 20.0 Å². The van der Waals surface area contributed by atoms with E-state index in [9.17, 15) is 4.79 Å². The standard InChI is InChI=1S/C11H17N3O4S/c1-3-16-5-6-18-14-9(10(15)17-4-2)8-7-19-11(12)13-8/h7H,3-6H2,1-2H3,(H2,12,13)/b14-9-. The van der Waals surface area contributed by atoms with Crippen molar-refractivity contribution in [2.75, 3.05) is 32.2 Å². The van der Waals surface area contributed by atoms with E-state index in [0.29, 0.717) is 24.0 Å². The number of hydrogen-bond acceptors (Lipinski definition) is 8. The zero-order chi connectivity index (χ0) is 14.1. The number of hydrogen-bond donors (Lipinski definition) is 1. The van der Waals surface area contributed by atoms with Crippen LogP contribution in [-0.2, 0) is 19.1 Å². The molecule has 19 heavy (non-hydrogen) atoms. The number of oxime groups is 1. The Morgan fingerprint density at radius 2 is 2.21 bits per heavy atom. The van der Waals surface area contributed by atoms with Gasteiger partial charge in [0, 0.05) is 12.0 Å². The fraction of sp³-hybridized carbons (Fsp3) is 0.545. The first-order chi connectivity index (χ1) is 9.19. The molecule has 1 aromatic rings. The summed E-state index contributed by atoms with van der Waals surface area (Å²) < 4.78 is 9.98. The summed E-state index contributed by atoms with van der Waals surface area (Å²) in [4.78, 5) is 20.7. The number of nitrogen functional groups attached to an aromatic ring is 1. The van der Waals surface area contributed by atoms with Crippen LogP contribution in [0.4, 0.5) is 5.13 Å². The summed E-state index contributed by atoms with van der Waals surface area (Å²) in [6.07, 6.45) is 0. The minimum atomic E-state index is -0.593. The van der Waals surface area contributed by atoms with E-state index in [-0.39, 0.29) is 18.9 Å². The number of aromatic nitrogens is 1. The van der Waals surface area contributed by atoms with Gasteiger partial charge in [0.25, 0.3) is 0 Å². The van der Waals surface area contributed by atoms with Crippen LogP contribution in [-0.4, -0.2) is 43.1 Å². The lowest BCUT2D eigenvalue weighted by molar-refractivity contribution is -0.135. The molecular formula is C11H17N3O4S. The number of esters is 1. The lowest BCUT2D eigenvalue weighted by Gasteiger charge is -2.04. The number of carbonyl (C=O) groups is 1. The third-order valence-electron chi connectivity index (χ3n) is 1.91. The van der Waals surface area contributed by atoms with Gasteiger partial charge in [-0.2, -0.15) is 0 Å². The number of carbonyl (C=O) groups excluding carboxylic acids is 1. The molecule has 0 aliphatic rings. The van der Waals surface area contributed by atoms with Crippen LogP contribution in [0.15, 0.2) is 10.5 Å². The molecule has 106 valence electrons. The van der Waals surface area contributed by atoms with Crippen molar-refractivity contribution in [3.63, 3.8) is 0 Å². The molecule has 7 nitrogen and oxygen atoms in total. The van der Waals surface area contributed by atoms with Gasteiger partial charge in [-0.25, -0.2) is 9.78 Å². The van der Waals surface area contributed by atoms with E-state index in [4.69, 9.17) is 20.0 Å². The van der Waals surface area contributed by atoms with Crippen LogP contribution in [0.3, 0.4) is 0 Å². The second-order valence-corrected chi connectivity index (χ2v) is 4.15. The Bertz CT molecular complexity index is 433. The number of thiazole rings is 1. The zero-order valence-electron chi connectivity index (χ0n) is 10.9.